The van der Waals surface area contributed by atoms with E-state index in [1.807, 2.05) is 32.0 Å². The average molecular weight is 325 g/mol. The van der Waals surface area contributed by atoms with Gasteiger partial charge in [-0.2, -0.15) is 5.10 Å². The van der Waals surface area contributed by atoms with E-state index in [2.05, 4.69) is 15.8 Å². The molecule has 2 N–H and O–H groups in total. The predicted octanol–water partition coefficient (Wildman–Crippen LogP) is 2.40. The second-order valence-electron chi connectivity index (χ2n) is 5.20. The van der Waals surface area contributed by atoms with Crippen LogP contribution < -0.4 is 15.5 Å². The number of ether oxygens (including phenoxy) is 1. The number of nitrogens with zero attached hydrogens (tertiary/aromatic N) is 1. The largest absolute Gasteiger partial charge is 0.497 e. The van der Waals surface area contributed by atoms with Crippen molar-refractivity contribution in [2.24, 2.45) is 5.10 Å². The molecule has 2 amide bonds. The van der Waals surface area contributed by atoms with E-state index in [9.17, 15) is 9.59 Å². The van der Waals surface area contributed by atoms with Crippen LogP contribution in [0, 0.1) is 13.8 Å². The molecule has 2 aromatic rings. The minimum Gasteiger partial charge on any atom is -0.497 e. The van der Waals surface area contributed by atoms with Gasteiger partial charge in [0, 0.05) is 5.69 Å². The van der Waals surface area contributed by atoms with Crippen LogP contribution in [0.5, 0.6) is 5.75 Å². The number of para-hydroxylation sites is 1. The summed E-state index contributed by atoms with van der Waals surface area (Å²) in [5, 5.41) is 6.38. The summed E-state index contributed by atoms with van der Waals surface area (Å²) >= 11 is 0. The van der Waals surface area contributed by atoms with E-state index in [1.54, 1.807) is 31.4 Å². The predicted molar refractivity (Wildman–Crippen MR) is 93.3 cm³/mol. The fraction of sp³-hybridized carbons (Fsp3) is 0.167. The molecule has 0 fully saturated rings. The molecular formula is C18H19N3O3. The van der Waals surface area contributed by atoms with Gasteiger partial charge < -0.3 is 10.1 Å². The number of amides is 2. The lowest BCUT2D eigenvalue weighted by Crippen LogP contribution is -2.32. The Balaban J connectivity index is 1.96. The van der Waals surface area contributed by atoms with Gasteiger partial charge in [-0.05, 0) is 42.7 Å². The number of hydrogen-bond acceptors (Lipinski definition) is 4. The molecule has 0 unspecified atom stereocenters. The highest BCUT2D eigenvalue weighted by molar-refractivity contribution is 6.39. The molecule has 0 aliphatic rings. The monoisotopic (exact) mass is 325 g/mol. The Morgan fingerprint density at radius 2 is 1.71 bits per heavy atom. The van der Waals surface area contributed by atoms with Crippen molar-refractivity contribution in [1.82, 2.24) is 5.43 Å². The highest BCUT2D eigenvalue weighted by Crippen LogP contribution is 2.19. The van der Waals surface area contributed by atoms with E-state index < -0.39 is 11.8 Å². The maximum atomic E-state index is 11.9. The highest BCUT2D eigenvalue weighted by atomic mass is 16.5. The normalized spacial score (nSPS) is 10.5. The van der Waals surface area contributed by atoms with Gasteiger partial charge in [-0.25, -0.2) is 5.43 Å². The molecule has 6 heteroatoms. The minimum absolute atomic E-state index is 0.634. The van der Waals surface area contributed by atoms with Crippen LogP contribution in [0.15, 0.2) is 47.6 Å². The highest BCUT2D eigenvalue weighted by Gasteiger charge is 2.14. The third kappa shape index (κ3) is 4.42. The average Bonchev–Trinajstić information content (AvgIpc) is 2.58. The van der Waals surface area contributed by atoms with Crippen LogP contribution in [0.4, 0.5) is 5.69 Å². The van der Waals surface area contributed by atoms with Crippen molar-refractivity contribution < 1.29 is 14.3 Å². The first kappa shape index (κ1) is 17.2. The van der Waals surface area contributed by atoms with Crippen LogP contribution in [0.25, 0.3) is 0 Å². The zero-order valence-electron chi connectivity index (χ0n) is 13.8. The summed E-state index contributed by atoms with van der Waals surface area (Å²) < 4.78 is 5.10. The van der Waals surface area contributed by atoms with Crippen LogP contribution in [0.3, 0.4) is 0 Å². The standard InChI is InChI=1S/C18H19N3O3/c1-12-6-4-7-13(2)16(12)20-17(22)18(23)21-19-11-14-8-5-9-15(10-14)24-3/h4-11H,1-3H3,(H,20,22)(H,21,23). The minimum atomic E-state index is -0.836. The summed E-state index contributed by atoms with van der Waals surface area (Å²) in [6.45, 7) is 3.73. The summed E-state index contributed by atoms with van der Waals surface area (Å²) in [6.07, 6.45) is 1.44. The molecule has 0 saturated heterocycles. The molecule has 2 rings (SSSR count). The molecular weight excluding hydrogens is 306 g/mol. The number of carbonyl (C=O) groups excluding carboxylic acids is 2. The quantitative estimate of drug-likeness (QED) is 0.515. The molecule has 0 aliphatic heterocycles. The zero-order chi connectivity index (χ0) is 17.5. The topological polar surface area (TPSA) is 79.8 Å². The number of nitrogens with one attached hydrogen (secondary N) is 2. The fourth-order valence-corrected chi connectivity index (χ4v) is 2.12. The molecule has 2 aromatic carbocycles. The summed E-state index contributed by atoms with van der Waals surface area (Å²) in [7, 11) is 1.57. The van der Waals surface area contributed by atoms with Gasteiger partial charge in [0.15, 0.2) is 0 Å². The number of hydrogen-bond donors (Lipinski definition) is 2. The Morgan fingerprint density at radius 3 is 2.38 bits per heavy atom. The molecule has 0 spiro atoms. The van der Waals surface area contributed by atoms with Gasteiger partial charge in [0.25, 0.3) is 0 Å². The molecule has 24 heavy (non-hydrogen) atoms. The van der Waals surface area contributed by atoms with Crippen LogP contribution in [0.1, 0.15) is 16.7 Å². The number of hydrazone groups is 1. The molecule has 0 radical (unpaired) electrons. The molecule has 124 valence electrons. The number of carbonyl (C=O) groups is 2. The van der Waals surface area contributed by atoms with Crippen molar-refractivity contribution in [3.05, 3.63) is 59.2 Å². The third-order valence-corrected chi connectivity index (χ3v) is 3.40. The van der Waals surface area contributed by atoms with E-state index in [1.165, 1.54) is 6.21 Å². The van der Waals surface area contributed by atoms with E-state index in [4.69, 9.17) is 4.74 Å². The fourth-order valence-electron chi connectivity index (χ4n) is 2.12. The SMILES string of the molecule is COc1cccc(C=NNC(=O)C(=O)Nc2c(C)cccc2C)c1. The van der Waals surface area contributed by atoms with Gasteiger partial charge in [-0.3, -0.25) is 9.59 Å². The molecule has 0 heterocycles. The summed E-state index contributed by atoms with van der Waals surface area (Å²) in [6, 6.07) is 12.8. The van der Waals surface area contributed by atoms with Gasteiger partial charge in [-0.1, -0.05) is 30.3 Å². The van der Waals surface area contributed by atoms with Crippen molar-refractivity contribution in [1.29, 1.82) is 0 Å². The van der Waals surface area contributed by atoms with Gasteiger partial charge in [0.1, 0.15) is 5.75 Å². The van der Waals surface area contributed by atoms with Crippen molar-refractivity contribution in [2.45, 2.75) is 13.8 Å². The first-order chi connectivity index (χ1) is 11.5. The van der Waals surface area contributed by atoms with Crippen LogP contribution in [-0.2, 0) is 9.59 Å². The first-order valence-electron chi connectivity index (χ1n) is 7.36. The maximum absolute atomic E-state index is 11.9. The van der Waals surface area contributed by atoms with Crippen molar-refractivity contribution in [2.75, 3.05) is 12.4 Å². The summed E-state index contributed by atoms with van der Waals surface area (Å²) in [5.41, 5.74) is 5.35. The van der Waals surface area contributed by atoms with E-state index >= 15 is 0 Å². The van der Waals surface area contributed by atoms with Gasteiger partial charge in [0.05, 0.1) is 13.3 Å². The lowest BCUT2D eigenvalue weighted by molar-refractivity contribution is -0.136. The van der Waals surface area contributed by atoms with Crippen LogP contribution >= 0.6 is 0 Å². The molecule has 0 aromatic heterocycles. The zero-order valence-corrected chi connectivity index (χ0v) is 13.8. The first-order valence-corrected chi connectivity index (χ1v) is 7.36. The summed E-state index contributed by atoms with van der Waals surface area (Å²) in [4.78, 5) is 23.8. The van der Waals surface area contributed by atoms with E-state index in [0.29, 0.717) is 11.4 Å². The Labute approximate surface area is 140 Å². The molecule has 0 atom stereocenters. The Morgan fingerprint density at radius 1 is 1.04 bits per heavy atom. The molecule has 6 nitrogen and oxygen atoms in total. The lowest BCUT2D eigenvalue weighted by atomic mass is 10.1. The van der Waals surface area contributed by atoms with Crippen LogP contribution in [0.2, 0.25) is 0 Å². The van der Waals surface area contributed by atoms with Crippen molar-refractivity contribution >= 4 is 23.7 Å². The van der Waals surface area contributed by atoms with Gasteiger partial charge in [-0.15, -0.1) is 0 Å². The van der Waals surface area contributed by atoms with Gasteiger partial charge in [0.2, 0.25) is 0 Å². The van der Waals surface area contributed by atoms with Crippen molar-refractivity contribution in [3.63, 3.8) is 0 Å². The molecule has 0 bridgehead atoms. The smallest absolute Gasteiger partial charge is 0.329 e. The van der Waals surface area contributed by atoms with Crippen molar-refractivity contribution in [3.8, 4) is 5.75 Å². The van der Waals surface area contributed by atoms with E-state index in [0.717, 1.165) is 16.7 Å². The lowest BCUT2D eigenvalue weighted by Gasteiger charge is -2.10. The van der Waals surface area contributed by atoms with E-state index in [-0.39, 0.29) is 0 Å². The Kier molecular flexibility index (Phi) is 5.68. The number of methoxy groups -OCH3 is 1. The second-order valence-corrected chi connectivity index (χ2v) is 5.20. The number of aryl methyl sites for hydroxylation is 2. The van der Waals surface area contributed by atoms with Gasteiger partial charge >= 0.3 is 11.8 Å². The Hall–Kier alpha value is -3.15. The summed E-state index contributed by atoms with van der Waals surface area (Å²) in [5.74, 6) is -0.926. The Bertz CT molecular complexity index is 765. The van der Waals surface area contributed by atoms with Crippen LogP contribution in [-0.4, -0.2) is 25.1 Å². The maximum Gasteiger partial charge on any atom is 0.329 e. The number of rotatable bonds is 4. The number of anilines is 1. The number of benzene rings is 2. The molecule has 0 aliphatic carbocycles. The molecule has 0 saturated carbocycles. The second kappa shape index (κ2) is 7.92. The third-order valence-electron chi connectivity index (χ3n) is 3.40.